The van der Waals surface area contributed by atoms with Crippen molar-refractivity contribution in [2.45, 2.75) is 26.3 Å². The third-order valence-corrected chi connectivity index (χ3v) is 0.482. The molecule has 3 heteroatoms. The van der Waals surface area contributed by atoms with Crippen LogP contribution in [0.25, 0.3) is 0 Å². The first kappa shape index (κ1) is 6.88. The van der Waals surface area contributed by atoms with Crippen molar-refractivity contribution in [2.24, 2.45) is 0 Å². The Kier molecular flexibility index (Phi) is 2.91. The van der Waals surface area contributed by atoms with Crippen molar-refractivity contribution < 1.29 is 10.2 Å². The Hall–Kier alpha value is -0.120. The van der Waals surface area contributed by atoms with Crippen molar-refractivity contribution >= 4 is 0 Å². The summed E-state index contributed by atoms with van der Waals surface area (Å²) in [6, 6.07) is 0. The van der Waals surface area contributed by atoms with Crippen molar-refractivity contribution in [3.05, 3.63) is 0 Å². The van der Waals surface area contributed by atoms with Crippen LogP contribution in [-0.4, -0.2) is 22.7 Å². The molecule has 0 saturated heterocycles. The van der Waals surface area contributed by atoms with E-state index in [1.165, 1.54) is 0 Å². The molecule has 0 bridgehead atoms. The van der Waals surface area contributed by atoms with Crippen molar-refractivity contribution in [3.63, 3.8) is 0 Å². The van der Waals surface area contributed by atoms with E-state index in [9.17, 15) is 0 Å². The van der Waals surface area contributed by atoms with Gasteiger partial charge < -0.3 is 10.2 Å². The molecule has 0 aromatic carbocycles. The average Bonchev–Trinajstić information content (AvgIpc) is 1.27. The second-order valence-electron chi connectivity index (χ2n) is 1.52. The quantitative estimate of drug-likeness (QED) is 0.405. The van der Waals surface area contributed by atoms with Gasteiger partial charge in [0, 0.05) is 0 Å². The van der Waals surface area contributed by atoms with E-state index in [2.05, 4.69) is 5.32 Å². The van der Waals surface area contributed by atoms with Crippen molar-refractivity contribution in [1.82, 2.24) is 5.32 Å². The Bertz CT molecular complexity index is 39.0. The van der Waals surface area contributed by atoms with Crippen LogP contribution in [0.15, 0.2) is 0 Å². The van der Waals surface area contributed by atoms with Crippen molar-refractivity contribution in [1.29, 1.82) is 0 Å². The maximum Gasteiger partial charge on any atom is 0.103 e. The Balaban J connectivity index is 2.95. The number of aliphatic hydroxyl groups excluding tert-OH is 2. The van der Waals surface area contributed by atoms with Gasteiger partial charge in [-0.3, -0.25) is 5.32 Å². The summed E-state index contributed by atoms with van der Waals surface area (Å²) in [5.74, 6) is 0. The smallest absolute Gasteiger partial charge is 0.103 e. The molecule has 0 aromatic rings. The highest BCUT2D eigenvalue weighted by Gasteiger charge is 1.95. The van der Waals surface area contributed by atoms with Crippen molar-refractivity contribution in [2.75, 3.05) is 0 Å². The fourth-order valence-electron chi connectivity index (χ4n) is 0.349. The first-order valence-electron chi connectivity index (χ1n) is 2.25. The van der Waals surface area contributed by atoms with E-state index >= 15 is 0 Å². The molecular formula is C4H11NO2. The number of hydrogen-bond acceptors (Lipinski definition) is 3. The minimum atomic E-state index is -0.625. The molecule has 3 nitrogen and oxygen atoms in total. The van der Waals surface area contributed by atoms with E-state index in [-0.39, 0.29) is 0 Å². The largest absolute Gasteiger partial charge is 0.379 e. The molecule has 0 aliphatic carbocycles. The summed E-state index contributed by atoms with van der Waals surface area (Å²) in [7, 11) is 0. The van der Waals surface area contributed by atoms with Gasteiger partial charge in [0.2, 0.25) is 0 Å². The molecule has 3 N–H and O–H groups in total. The number of hydrogen-bond donors (Lipinski definition) is 3. The van der Waals surface area contributed by atoms with Crippen LogP contribution >= 0.6 is 0 Å². The molecule has 0 radical (unpaired) electrons. The second kappa shape index (κ2) is 2.96. The fraction of sp³-hybridized carbons (Fsp3) is 1.00. The lowest BCUT2D eigenvalue weighted by Gasteiger charge is -2.08. The monoisotopic (exact) mass is 105 g/mol. The zero-order chi connectivity index (χ0) is 5.86. The van der Waals surface area contributed by atoms with Crippen LogP contribution < -0.4 is 5.32 Å². The maximum atomic E-state index is 8.45. The number of aliphatic hydroxyl groups is 2. The molecular weight excluding hydrogens is 94.0 g/mol. The average molecular weight is 105 g/mol. The second-order valence-corrected chi connectivity index (χ2v) is 1.52. The number of rotatable bonds is 2. The lowest BCUT2D eigenvalue weighted by Crippen LogP contribution is -2.33. The molecule has 0 aliphatic rings. The van der Waals surface area contributed by atoms with E-state index in [0.717, 1.165) is 0 Å². The third-order valence-electron chi connectivity index (χ3n) is 0.482. The molecule has 0 saturated carbocycles. The Morgan fingerprint density at radius 2 is 1.43 bits per heavy atom. The van der Waals surface area contributed by atoms with E-state index in [1.54, 1.807) is 13.8 Å². The van der Waals surface area contributed by atoms with Gasteiger partial charge >= 0.3 is 0 Å². The van der Waals surface area contributed by atoms with Crippen LogP contribution in [0.3, 0.4) is 0 Å². The highest BCUT2D eigenvalue weighted by molar-refractivity contribution is 4.42. The van der Waals surface area contributed by atoms with Gasteiger partial charge in [-0.25, -0.2) is 0 Å². The van der Waals surface area contributed by atoms with Crippen LogP contribution in [0.4, 0.5) is 0 Å². The molecule has 44 valence electrons. The van der Waals surface area contributed by atoms with E-state index in [1.807, 2.05) is 0 Å². The van der Waals surface area contributed by atoms with Crippen LogP contribution in [0.5, 0.6) is 0 Å². The number of nitrogens with one attached hydrogen (secondary N) is 1. The van der Waals surface area contributed by atoms with Crippen LogP contribution in [0.2, 0.25) is 0 Å². The molecule has 7 heavy (non-hydrogen) atoms. The van der Waals surface area contributed by atoms with E-state index in [4.69, 9.17) is 10.2 Å². The summed E-state index contributed by atoms with van der Waals surface area (Å²) in [6.45, 7) is 3.10. The molecule has 0 spiro atoms. The van der Waals surface area contributed by atoms with Crippen molar-refractivity contribution in [3.8, 4) is 0 Å². The molecule has 2 atom stereocenters. The predicted octanol–water partition coefficient (Wildman–Crippen LogP) is -0.747. The molecule has 0 rings (SSSR count). The molecule has 0 amide bonds. The van der Waals surface area contributed by atoms with Gasteiger partial charge in [-0.05, 0) is 13.8 Å². The predicted molar refractivity (Wildman–Crippen MR) is 26.5 cm³/mol. The van der Waals surface area contributed by atoms with Gasteiger partial charge in [0.1, 0.15) is 12.5 Å². The topological polar surface area (TPSA) is 52.5 Å². The summed E-state index contributed by atoms with van der Waals surface area (Å²) >= 11 is 0. The normalized spacial score (nSPS) is 18.9. The van der Waals surface area contributed by atoms with Crippen LogP contribution in [0, 0.1) is 0 Å². The SMILES string of the molecule is CC(O)NC(C)O. The van der Waals surface area contributed by atoms with Gasteiger partial charge in [-0.1, -0.05) is 0 Å². The molecule has 0 heterocycles. The first-order chi connectivity index (χ1) is 3.13. The van der Waals surface area contributed by atoms with Gasteiger partial charge in [0.15, 0.2) is 0 Å². The van der Waals surface area contributed by atoms with Crippen LogP contribution in [-0.2, 0) is 0 Å². The van der Waals surface area contributed by atoms with Gasteiger partial charge in [-0.15, -0.1) is 0 Å². The van der Waals surface area contributed by atoms with Gasteiger partial charge in [0.25, 0.3) is 0 Å². The zero-order valence-corrected chi connectivity index (χ0v) is 4.55. The molecule has 0 aliphatic heterocycles. The highest BCUT2D eigenvalue weighted by Crippen LogP contribution is 1.74. The molecule has 0 fully saturated rings. The summed E-state index contributed by atoms with van der Waals surface area (Å²) in [4.78, 5) is 0. The molecule has 2 unspecified atom stereocenters. The van der Waals surface area contributed by atoms with Crippen LogP contribution in [0.1, 0.15) is 13.8 Å². The maximum absolute atomic E-state index is 8.45. The lowest BCUT2D eigenvalue weighted by molar-refractivity contribution is 0.0632. The summed E-state index contributed by atoms with van der Waals surface area (Å²) < 4.78 is 0. The minimum Gasteiger partial charge on any atom is -0.379 e. The Morgan fingerprint density at radius 3 is 1.43 bits per heavy atom. The standard InChI is InChI=1S/C4H11NO2/c1-3(6)5-4(2)7/h3-7H,1-2H3. The fourth-order valence-corrected chi connectivity index (χ4v) is 0.349. The minimum absolute atomic E-state index is 0.625. The van der Waals surface area contributed by atoms with E-state index < -0.39 is 12.5 Å². The van der Waals surface area contributed by atoms with Gasteiger partial charge in [0.05, 0.1) is 0 Å². The zero-order valence-electron chi connectivity index (χ0n) is 4.55. The van der Waals surface area contributed by atoms with E-state index in [0.29, 0.717) is 0 Å². The first-order valence-corrected chi connectivity index (χ1v) is 2.25. The van der Waals surface area contributed by atoms with Gasteiger partial charge in [-0.2, -0.15) is 0 Å². The Labute approximate surface area is 43.0 Å². The molecule has 0 aromatic heterocycles. The third kappa shape index (κ3) is 5.88. The summed E-state index contributed by atoms with van der Waals surface area (Å²) in [6.07, 6.45) is -1.25. The summed E-state index contributed by atoms with van der Waals surface area (Å²) in [5, 5.41) is 19.3. The summed E-state index contributed by atoms with van der Waals surface area (Å²) in [5.41, 5.74) is 0. The highest BCUT2D eigenvalue weighted by atomic mass is 16.3. The lowest BCUT2D eigenvalue weighted by atomic mass is 10.6. The Morgan fingerprint density at radius 1 is 1.14 bits per heavy atom.